The average Bonchev–Trinajstić information content (AvgIpc) is 2.63. The zero-order valence-corrected chi connectivity index (χ0v) is 9.94. The smallest absolute Gasteiger partial charge is 0.119 e. The summed E-state index contributed by atoms with van der Waals surface area (Å²) in [4.78, 5) is 8.60. The molecule has 0 aliphatic rings. The van der Waals surface area contributed by atoms with E-state index < -0.39 is 0 Å². The summed E-state index contributed by atoms with van der Waals surface area (Å²) in [5.41, 5.74) is 7.60. The number of nitrogen functional groups attached to an aromatic ring is 1. The van der Waals surface area contributed by atoms with Gasteiger partial charge in [-0.3, -0.25) is 0 Å². The molecule has 0 unspecified atom stereocenters. The van der Waals surface area contributed by atoms with Crippen molar-refractivity contribution in [3.05, 3.63) is 34.4 Å². The fourth-order valence-electron chi connectivity index (χ4n) is 1.12. The van der Waals surface area contributed by atoms with Crippen molar-refractivity contribution in [1.82, 2.24) is 9.97 Å². The third-order valence-electron chi connectivity index (χ3n) is 1.80. The quantitative estimate of drug-likeness (QED) is 0.834. The molecule has 3 nitrogen and oxygen atoms in total. The van der Waals surface area contributed by atoms with Gasteiger partial charge in [-0.15, -0.1) is 11.3 Å². The zero-order chi connectivity index (χ0) is 10.7. The lowest BCUT2D eigenvalue weighted by Gasteiger charge is -2.01. The summed E-state index contributed by atoms with van der Waals surface area (Å²) in [5.74, 6) is 0.833. The third-order valence-corrected chi connectivity index (χ3v) is 3.98. The van der Waals surface area contributed by atoms with E-state index in [1.54, 1.807) is 29.3 Å². The summed E-state index contributed by atoms with van der Waals surface area (Å²) < 4.78 is 0. The zero-order valence-electron chi connectivity index (χ0n) is 8.30. The van der Waals surface area contributed by atoms with Gasteiger partial charge in [-0.2, -0.15) is 0 Å². The molecule has 0 fully saturated rings. The molecule has 0 spiro atoms. The highest BCUT2D eigenvalue weighted by atomic mass is 32.2. The highest BCUT2D eigenvalue weighted by molar-refractivity contribution is 7.98. The van der Waals surface area contributed by atoms with Crippen LogP contribution in [0.1, 0.15) is 10.7 Å². The van der Waals surface area contributed by atoms with E-state index in [2.05, 4.69) is 15.3 Å². The molecule has 2 rings (SSSR count). The number of aryl methyl sites for hydroxylation is 1. The molecule has 0 bridgehead atoms. The van der Waals surface area contributed by atoms with Crippen LogP contribution in [-0.2, 0) is 5.75 Å². The first-order valence-corrected chi connectivity index (χ1v) is 6.36. The lowest BCUT2D eigenvalue weighted by Crippen LogP contribution is -1.91. The first-order valence-electron chi connectivity index (χ1n) is 4.50. The van der Waals surface area contributed by atoms with Crippen LogP contribution in [0.2, 0.25) is 0 Å². The van der Waals surface area contributed by atoms with Gasteiger partial charge in [0.05, 0.1) is 11.4 Å². The van der Waals surface area contributed by atoms with Crippen LogP contribution in [0, 0.1) is 6.92 Å². The Bertz CT molecular complexity index is 453. The van der Waals surface area contributed by atoms with Crippen LogP contribution < -0.4 is 5.73 Å². The minimum Gasteiger partial charge on any atom is -0.397 e. The highest BCUT2D eigenvalue weighted by Gasteiger charge is 2.03. The highest BCUT2D eigenvalue weighted by Crippen LogP contribution is 2.26. The van der Waals surface area contributed by atoms with Crippen LogP contribution in [0.15, 0.2) is 28.7 Å². The Kier molecular flexibility index (Phi) is 3.23. The monoisotopic (exact) mass is 237 g/mol. The Balaban J connectivity index is 2.02. The maximum atomic E-state index is 5.79. The standard InChI is InChI=1S/C10H11N3S2/c1-7-5-14-9(13-7)6-15-10-8(11)3-2-4-12-10/h2-5H,6,11H2,1H3. The van der Waals surface area contributed by atoms with Gasteiger partial charge in [0.15, 0.2) is 0 Å². The van der Waals surface area contributed by atoms with Crippen molar-refractivity contribution in [2.45, 2.75) is 17.7 Å². The van der Waals surface area contributed by atoms with Crippen molar-refractivity contribution in [3.63, 3.8) is 0 Å². The van der Waals surface area contributed by atoms with Crippen LogP contribution in [0.3, 0.4) is 0 Å². The van der Waals surface area contributed by atoms with Crippen molar-refractivity contribution >= 4 is 28.8 Å². The molecule has 0 aliphatic heterocycles. The molecular weight excluding hydrogens is 226 g/mol. The normalized spacial score (nSPS) is 10.5. The molecule has 0 saturated heterocycles. The maximum absolute atomic E-state index is 5.79. The molecule has 0 atom stereocenters. The predicted octanol–water partition coefficient (Wildman–Crippen LogP) is 2.72. The minimum atomic E-state index is 0.732. The Morgan fingerprint density at radius 3 is 3.07 bits per heavy atom. The van der Waals surface area contributed by atoms with E-state index in [1.807, 2.05) is 19.1 Å². The van der Waals surface area contributed by atoms with Crippen LogP contribution in [0.25, 0.3) is 0 Å². The number of hydrogen-bond donors (Lipinski definition) is 1. The van der Waals surface area contributed by atoms with Crippen molar-refractivity contribution in [2.75, 3.05) is 5.73 Å². The fourth-order valence-corrected chi connectivity index (χ4v) is 2.82. The topological polar surface area (TPSA) is 51.8 Å². The Hall–Kier alpha value is -1.07. The van der Waals surface area contributed by atoms with Crippen molar-refractivity contribution in [1.29, 1.82) is 0 Å². The van der Waals surface area contributed by atoms with Crippen LogP contribution in [0.5, 0.6) is 0 Å². The summed E-state index contributed by atoms with van der Waals surface area (Å²) in [6.07, 6.45) is 1.76. The number of hydrogen-bond acceptors (Lipinski definition) is 5. The molecule has 0 saturated carbocycles. The predicted molar refractivity (Wildman–Crippen MR) is 65.1 cm³/mol. The number of thioether (sulfide) groups is 1. The molecule has 0 radical (unpaired) electrons. The van der Waals surface area contributed by atoms with Gasteiger partial charge in [-0.05, 0) is 19.1 Å². The van der Waals surface area contributed by atoms with Gasteiger partial charge in [0.2, 0.25) is 0 Å². The Morgan fingerprint density at radius 1 is 1.53 bits per heavy atom. The minimum absolute atomic E-state index is 0.732. The van der Waals surface area contributed by atoms with Gasteiger partial charge < -0.3 is 5.73 Å². The van der Waals surface area contributed by atoms with E-state index in [0.717, 1.165) is 27.2 Å². The largest absolute Gasteiger partial charge is 0.397 e. The van der Waals surface area contributed by atoms with Gasteiger partial charge in [0, 0.05) is 17.3 Å². The molecule has 2 aromatic heterocycles. The van der Waals surface area contributed by atoms with Gasteiger partial charge in [0.1, 0.15) is 10.0 Å². The van der Waals surface area contributed by atoms with E-state index in [9.17, 15) is 0 Å². The average molecular weight is 237 g/mol. The molecule has 78 valence electrons. The first kappa shape index (κ1) is 10.4. The molecular formula is C10H11N3S2. The maximum Gasteiger partial charge on any atom is 0.119 e. The molecule has 5 heteroatoms. The van der Waals surface area contributed by atoms with Crippen molar-refractivity contribution < 1.29 is 0 Å². The second-order valence-corrected chi connectivity index (χ2v) is 4.98. The Labute approximate surface area is 96.8 Å². The van der Waals surface area contributed by atoms with E-state index in [0.29, 0.717) is 0 Å². The molecule has 0 amide bonds. The van der Waals surface area contributed by atoms with Gasteiger partial charge >= 0.3 is 0 Å². The van der Waals surface area contributed by atoms with E-state index in [1.165, 1.54) is 0 Å². The second kappa shape index (κ2) is 4.63. The third kappa shape index (κ3) is 2.70. The summed E-state index contributed by atoms with van der Waals surface area (Å²) in [6, 6.07) is 3.70. The van der Waals surface area contributed by atoms with E-state index >= 15 is 0 Å². The molecule has 2 aromatic rings. The number of nitrogens with two attached hydrogens (primary N) is 1. The van der Waals surface area contributed by atoms with Gasteiger partial charge in [0.25, 0.3) is 0 Å². The van der Waals surface area contributed by atoms with E-state index in [4.69, 9.17) is 5.73 Å². The lowest BCUT2D eigenvalue weighted by molar-refractivity contribution is 1.13. The van der Waals surface area contributed by atoms with Crippen LogP contribution >= 0.6 is 23.1 Å². The summed E-state index contributed by atoms with van der Waals surface area (Å²) in [5, 5.41) is 4.05. The fraction of sp³-hybridized carbons (Fsp3) is 0.200. The van der Waals surface area contributed by atoms with Crippen molar-refractivity contribution in [3.8, 4) is 0 Å². The number of thiazole rings is 1. The summed E-state index contributed by atoms with van der Waals surface area (Å²) in [6.45, 7) is 2.00. The Morgan fingerprint density at radius 2 is 2.40 bits per heavy atom. The molecule has 2 heterocycles. The number of anilines is 1. The summed E-state index contributed by atoms with van der Waals surface area (Å²) >= 11 is 3.30. The summed E-state index contributed by atoms with van der Waals surface area (Å²) in [7, 11) is 0. The second-order valence-electron chi connectivity index (χ2n) is 3.07. The number of rotatable bonds is 3. The molecule has 2 N–H and O–H groups in total. The lowest BCUT2D eigenvalue weighted by atomic mass is 10.4. The van der Waals surface area contributed by atoms with Gasteiger partial charge in [-0.1, -0.05) is 11.8 Å². The van der Waals surface area contributed by atoms with E-state index in [-0.39, 0.29) is 0 Å². The first-order chi connectivity index (χ1) is 7.25. The van der Waals surface area contributed by atoms with Crippen LogP contribution in [-0.4, -0.2) is 9.97 Å². The van der Waals surface area contributed by atoms with Crippen LogP contribution in [0.4, 0.5) is 5.69 Å². The van der Waals surface area contributed by atoms with Crippen molar-refractivity contribution in [2.24, 2.45) is 0 Å². The number of nitrogens with zero attached hydrogens (tertiary/aromatic N) is 2. The number of aromatic nitrogens is 2. The SMILES string of the molecule is Cc1csc(CSc2ncccc2N)n1. The molecule has 15 heavy (non-hydrogen) atoms. The molecule has 0 aliphatic carbocycles. The van der Waals surface area contributed by atoms with Gasteiger partial charge in [-0.25, -0.2) is 9.97 Å². The number of pyridine rings is 1. The molecule has 0 aromatic carbocycles.